The van der Waals surface area contributed by atoms with Gasteiger partial charge in [-0.25, -0.2) is 9.86 Å². The maximum Gasteiger partial charge on any atom is 0.412 e. The second kappa shape index (κ2) is 6.35. The molecule has 1 aromatic rings. The summed E-state index contributed by atoms with van der Waals surface area (Å²) in [5, 5.41) is 11.2. The van der Waals surface area contributed by atoms with Crippen LogP contribution in [0.15, 0.2) is 18.2 Å². The van der Waals surface area contributed by atoms with E-state index in [1.54, 1.807) is 0 Å². The van der Waals surface area contributed by atoms with Crippen molar-refractivity contribution in [2.45, 2.75) is 37.9 Å². The zero-order valence-corrected chi connectivity index (χ0v) is 17.0. The number of hydrogen-bond donors (Lipinski definition) is 1. The second-order valence-electron chi connectivity index (χ2n) is 8.49. The molecule has 8 nitrogen and oxygen atoms in total. The van der Waals surface area contributed by atoms with Crippen LogP contribution < -0.4 is 9.80 Å². The van der Waals surface area contributed by atoms with Gasteiger partial charge in [-0.15, -0.1) is 0 Å². The maximum atomic E-state index is 12.7. The Morgan fingerprint density at radius 2 is 2.07 bits per heavy atom. The highest BCUT2D eigenvalue weighted by molar-refractivity contribution is 5.98. The van der Waals surface area contributed by atoms with Gasteiger partial charge in [-0.1, -0.05) is 13.8 Å². The molecule has 1 aromatic carbocycles. The van der Waals surface area contributed by atoms with E-state index in [4.69, 9.17) is 4.84 Å². The van der Waals surface area contributed by atoms with Gasteiger partial charge in [0.2, 0.25) is 0 Å². The monoisotopic (exact) mass is 388 g/mol. The molecule has 4 atom stereocenters. The van der Waals surface area contributed by atoms with Crippen molar-refractivity contribution in [2.75, 3.05) is 44.1 Å². The summed E-state index contributed by atoms with van der Waals surface area (Å²) in [6, 6.07) is 4.97. The minimum atomic E-state index is -1.13. The van der Waals surface area contributed by atoms with Crippen LogP contribution in [0.1, 0.15) is 25.8 Å². The van der Waals surface area contributed by atoms with E-state index in [1.165, 1.54) is 17.1 Å². The molecule has 2 amide bonds. The highest BCUT2D eigenvalue weighted by atomic mass is 16.7. The van der Waals surface area contributed by atoms with Gasteiger partial charge in [0, 0.05) is 36.3 Å². The molecule has 0 saturated carbocycles. The summed E-state index contributed by atoms with van der Waals surface area (Å²) < 4.78 is 0. The van der Waals surface area contributed by atoms with Gasteiger partial charge in [-0.05, 0) is 37.2 Å². The highest BCUT2D eigenvalue weighted by Gasteiger charge is 2.53. The van der Waals surface area contributed by atoms with Gasteiger partial charge in [-0.3, -0.25) is 19.4 Å². The number of rotatable bonds is 3. The Hall–Kier alpha value is -2.32. The van der Waals surface area contributed by atoms with E-state index in [0.717, 1.165) is 24.2 Å². The molecule has 2 unspecified atom stereocenters. The molecule has 28 heavy (non-hydrogen) atoms. The van der Waals surface area contributed by atoms with Crippen LogP contribution in [0.4, 0.5) is 16.2 Å². The SMILES string of the molecule is CON1CC(C)C(N(C(=O)O)c2ccc3c(c2)[C@]2(C)CCN(C)[C@@H]2N3C)C1=O. The molecule has 3 heterocycles. The highest BCUT2D eigenvalue weighted by Crippen LogP contribution is 2.52. The normalized spacial score (nSPS) is 32.0. The fourth-order valence-electron chi connectivity index (χ4n) is 5.48. The molecule has 3 aliphatic heterocycles. The third kappa shape index (κ3) is 2.44. The lowest BCUT2D eigenvalue weighted by atomic mass is 9.81. The largest absolute Gasteiger partial charge is 0.465 e. The minimum absolute atomic E-state index is 0.0666. The van der Waals surface area contributed by atoms with E-state index < -0.39 is 12.1 Å². The molecule has 0 aromatic heterocycles. The number of anilines is 2. The summed E-state index contributed by atoms with van der Waals surface area (Å²) in [6.07, 6.45) is 0.143. The lowest BCUT2D eigenvalue weighted by Crippen LogP contribution is -2.47. The quantitative estimate of drug-likeness (QED) is 0.853. The third-order valence-corrected chi connectivity index (χ3v) is 6.79. The van der Waals surface area contributed by atoms with Crippen molar-refractivity contribution >= 4 is 23.4 Å². The number of carbonyl (C=O) groups excluding carboxylic acids is 1. The summed E-state index contributed by atoms with van der Waals surface area (Å²) in [5.74, 6) is -0.486. The van der Waals surface area contributed by atoms with Crippen LogP contribution in [0.5, 0.6) is 0 Å². The first-order valence-electron chi connectivity index (χ1n) is 9.66. The van der Waals surface area contributed by atoms with E-state index in [1.807, 2.05) is 25.1 Å². The average Bonchev–Trinajstić information content (AvgIpc) is 3.19. The Kier molecular flexibility index (Phi) is 4.31. The van der Waals surface area contributed by atoms with Gasteiger partial charge in [0.25, 0.3) is 5.91 Å². The molecule has 0 bridgehead atoms. The standard InChI is InChI=1S/C20H28N4O4/c1-12-11-23(28-5)17(25)16(12)24(19(26)27)13-6-7-15-14(10-13)20(2)8-9-21(3)18(20)22(15)4/h6-7,10,12,16,18H,8-9,11H2,1-5H3,(H,26,27)/t12?,16?,18-,20+/m1/s1. The lowest BCUT2D eigenvalue weighted by Gasteiger charge is -2.32. The molecule has 0 radical (unpaired) electrons. The molecule has 152 valence electrons. The summed E-state index contributed by atoms with van der Waals surface area (Å²) in [6.45, 7) is 5.50. The van der Waals surface area contributed by atoms with Gasteiger partial charge in [-0.2, -0.15) is 0 Å². The maximum absolute atomic E-state index is 12.7. The Morgan fingerprint density at radius 1 is 1.36 bits per heavy atom. The number of carbonyl (C=O) groups is 2. The number of amides is 2. The topological polar surface area (TPSA) is 76.6 Å². The first kappa shape index (κ1) is 19.0. The van der Waals surface area contributed by atoms with Crippen molar-refractivity contribution in [3.05, 3.63) is 23.8 Å². The number of carboxylic acid groups (broad SMARTS) is 1. The Morgan fingerprint density at radius 3 is 2.68 bits per heavy atom. The van der Waals surface area contributed by atoms with Crippen molar-refractivity contribution in [2.24, 2.45) is 5.92 Å². The summed E-state index contributed by atoms with van der Waals surface area (Å²) in [7, 11) is 5.64. The average molecular weight is 388 g/mol. The fourth-order valence-corrected chi connectivity index (χ4v) is 5.48. The molecule has 4 rings (SSSR count). The van der Waals surface area contributed by atoms with Gasteiger partial charge in [0.15, 0.2) is 0 Å². The molecule has 0 spiro atoms. The Balaban J connectivity index is 1.77. The molecule has 0 aliphatic carbocycles. The smallest absolute Gasteiger partial charge is 0.412 e. The predicted molar refractivity (Wildman–Crippen MR) is 105 cm³/mol. The Bertz CT molecular complexity index is 830. The van der Waals surface area contributed by atoms with E-state index in [-0.39, 0.29) is 23.4 Å². The van der Waals surface area contributed by atoms with Crippen LogP contribution in [0.3, 0.4) is 0 Å². The molecule has 1 N–H and O–H groups in total. The number of nitrogens with zero attached hydrogens (tertiary/aromatic N) is 4. The first-order chi connectivity index (χ1) is 13.2. The fraction of sp³-hybridized carbons (Fsp3) is 0.600. The molecule has 2 saturated heterocycles. The predicted octanol–water partition coefficient (Wildman–Crippen LogP) is 1.95. The molecular weight excluding hydrogens is 360 g/mol. The second-order valence-corrected chi connectivity index (χ2v) is 8.49. The molecular formula is C20H28N4O4. The number of fused-ring (bicyclic) bond motifs is 3. The zero-order valence-electron chi connectivity index (χ0n) is 17.0. The van der Waals surface area contributed by atoms with E-state index in [9.17, 15) is 14.7 Å². The van der Waals surface area contributed by atoms with Crippen molar-refractivity contribution in [1.82, 2.24) is 9.96 Å². The van der Waals surface area contributed by atoms with Crippen molar-refractivity contribution < 1.29 is 19.5 Å². The number of benzene rings is 1. The summed E-state index contributed by atoms with van der Waals surface area (Å²) in [4.78, 5) is 35.9. The van der Waals surface area contributed by atoms with E-state index in [0.29, 0.717) is 12.2 Å². The van der Waals surface area contributed by atoms with Crippen LogP contribution >= 0.6 is 0 Å². The third-order valence-electron chi connectivity index (χ3n) is 6.79. The number of likely N-dealkylation sites (tertiary alicyclic amines) is 1. The van der Waals surface area contributed by atoms with Crippen LogP contribution in [0, 0.1) is 5.92 Å². The van der Waals surface area contributed by atoms with Crippen molar-refractivity contribution in [3.8, 4) is 0 Å². The first-order valence-corrected chi connectivity index (χ1v) is 9.66. The minimum Gasteiger partial charge on any atom is -0.465 e. The van der Waals surface area contributed by atoms with Crippen LogP contribution in [0.2, 0.25) is 0 Å². The van der Waals surface area contributed by atoms with Crippen molar-refractivity contribution in [1.29, 1.82) is 0 Å². The summed E-state index contributed by atoms with van der Waals surface area (Å²) >= 11 is 0. The van der Waals surface area contributed by atoms with Gasteiger partial charge in [0.05, 0.1) is 19.8 Å². The number of hydroxylamine groups is 2. The number of likely N-dealkylation sites (N-methyl/N-ethyl adjacent to an activating group) is 2. The molecule has 2 fully saturated rings. The zero-order chi connectivity index (χ0) is 20.4. The van der Waals surface area contributed by atoms with Gasteiger partial charge >= 0.3 is 6.09 Å². The van der Waals surface area contributed by atoms with Crippen LogP contribution in [-0.4, -0.2) is 73.6 Å². The molecule has 3 aliphatic rings. The van der Waals surface area contributed by atoms with Gasteiger partial charge in [0.1, 0.15) is 6.04 Å². The van der Waals surface area contributed by atoms with Crippen LogP contribution in [-0.2, 0) is 15.0 Å². The lowest BCUT2D eigenvalue weighted by molar-refractivity contribution is -0.168. The Labute approximate surface area is 165 Å². The summed E-state index contributed by atoms with van der Waals surface area (Å²) in [5.41, 5.74) is 2.74. The van der Waals surface area contributed by atoms with Crippen molar-refractivity contribution in [3.63, 3.8) is 0 Å². The number of hydrogen-bond acceptors (Lipinski definition) is 5. The van der Waals surface area contributed by atoms with E-state index >= 15 is 0 Å². The van der Waals surface area contributed by atoms with E-state index in [2.05, 4.69) is 30.8 Å². The van der Waals surface area contributed by atoms with Gasteiger partial charge < -0.3 is 10.0 Å². The molecule has 8 heteroatoms. The van der Waals surface area contributed by atoms with Crippen LogP contribution in [0.25, 0.3) is 0 Å².